The van der Waals surface area contributed by atoms with E-state index in [0.29, 0.717) is 23.2 Å². The quantitative estimate of drug-likeness (QED) is 0.905. The molecule has 1 aromatic heterocycles. The first-order chi connectivity index (χ1) is 10.2. The number of nitrogens with zero attached hydrogens (tertiary/aromatic N) is 2. The number of piperidine rings is 1. The molecule has 0 aliphatic carbocycles. The van der Waals surface area contributed by atoms with Gasteiger partial charge in [0.2, 0.25) is 11.7 Å². The third kappa shape index (κ3) is 3.39. The molecule has 1 fully saturated rings. The predicted molar refractivity (Wildman–Crippen MR) is 75.3 cm³/mol. The number of phenols is 1. The van der Waals surface area contributed by atoms with Crippen LogP contribution in [-0.2, 0) is 6.42 Å². The van der Waals surface area contributed by atoms with Crippen LogP contribution in [0.1, 0.15) is 25.2 Å². The van der Waals surface area contributed by atoms with Crippen LogP contribution in [-0.4, -0.2) is 28.3 Å². The van der Waals surface area contributed by atoms with Crippen molar-refractivity contribution in [2.24, 2.45) is 5.92 Å². The third-order valence-electron chi connectivity index (χ3n) is 3.84. The smallest absolute Gasteiger partial charge is 0.226 e. The highest BCUT2D eigenvalue weighted by molar-refractivity contribution is 5.55. The Morgan fingerprint density at radius 1 is 1.43 bits per heavy atom. The minimum absolute atomic E-state index is 0.352. The molecule has 1 atom stereocenters. The summed E-state index contributed by atoms with van der Waals surface area (Å²) in [5.74, 6) is 0.509. The van der Waals surface area contributed by atoms with E-state index in [1.807, 2.05) is 0 Å². The first-order valence-electron chi connectivity index (χ1n) is 7.24. The number of phenolic OH excluding ortho intramolecular Hbond substituents is 1. The molecule has 2 aromatic rings. The van der Waals surface area contributed by atoms with Crippen molar-refractivity contribution in [1.82, 2.24) is 15.5 Å². The number of hydrogen-bond donors (Lipinski definition) is 2. The molecular weight excluding hydrogens is 273 g/mol. The molecule has 6 heteroatoms. The summed E-state index contributed by atoms with van der Waals surface area (Å²) in [6.07, 6.45) is 4.20. The highest BCUT2D eigenvalue weighted by Gasteiger charge is 2.16. The summed E-state index contributed by atoms with van der Waals surface area (Å²) in [6, 6.07) is 4.06. The lowest BCUT2D eigenvalue weighted by molar-refractivity contribution is 0.327. The number of halogens is 1. The van der Waals surface area contributed by atoms with Crippen LogP contribution in [0.25, 0.3) is 11.4 Å². The lowest BCUT2D eigenvalue weighted by atomic mass is 9.95. The third-order valence-corrected chi connectivity index (χ3v) is 3.84. The molecule has 0 radical (unpaired) electrons. The van der Waals surface area contributed by atoms with Gasteiger partial charge in [-0.15, -0.1) is 0 Å². The number of benzene rings is 1. The molecule has 3 rings (SSSR count). The molecule has 1 saturated heterocycles. The summed E-state index contributed by atoms with van der Waals surface area (Å²) >= 11 is 0. The Hall–Kier alpha value is -1.95. The molecular formula is C15H18FN3O2. The average molecular weight is 291 g/mol. The number of aromatic hydroxyl groups is 1. The lowest BCUT2D eigenvalue weighted by Crippen LogP contribution is -2.29. The van der Waals surface area contributed by atoms with Gasteiger partial charge in [-0.3, -0.25) is 0 Å². The molecule has 1 aromatic carbocycles. The molecule has 1 aliphatic rings. The maximum absolute atomic E-state index is 13.3. The lowest BCUT2D eigenvalue weighted by Gasteiger charge is -2.21. The number of rotatable bonds is 4. The second-order valence-corrected chi connectivity index (χ2v) is 5.43. The van der Waals surface area contributed by atoms with Crippen LogP contribution >= 0.6 is 0 Å². The summed E-state index contributed by atoms with van der Waals surface area (Å²) in [4.78, 5) is 4.29. The number of hydrogen-bond acceptors (Lipinski definition) is 5. The Kier molecular flexibility index (Phi) is 4.15. The first-order valence-corrected chi connectivity index (χ1v) is 7.24. The van der Waals surface area contributed by atoms with Crippen LogP contribution in [0.15, 0.2) is 22.7 Å². The average Bonchev–Trinajstić information content (AvgIpc) is 2.98. The van der Waals surface area contributed by atoms with E-state index in [1.54, 1.807) is 6.07 Å². The van der Waals surface area contributed by atoms with E-state index in [-0.39, 0.29) is 5.75 Å². The van der Waals surface area contributed by atoms with Gasteiger partial charge in [-0.2, -0.15) is 4.98 Å². The van der Waals surface area contributed by atoms with Gasteiger partial charge in [0.05, 0.1) is 0 Å². The molecule has 5 nitrogen and oxygen atoms in total. The van der Waals surface area contributed by atoms with Gasteiger partial charge in [0.1, 0.15) is 0 Å². The zero-order valence-electron chi connectivity index (χ0n) is 11.7. The molecule has 0 spiro atoms. The van der Waals surface area contributed by atoms with E-state index in [2.05, 4.69) is 15.5 Å². The predicted octanol–water partition coefficient (Wildman–Crippen LogP) is 2.51. The fourth-order valence-corrected chi connectivity index (χ4v) is 2.62. The molecule has 1 unspecified atom stereocenters. The van der Waals surface area contributed by atoms with E-state index in [1.165, 1.54) is 25.0 Å². The Balaban J connectivity index is 1.63. The maximum atomic E-state index is 13.3. The molecule has 2 N–H and O–H groups in total. The summed E-state index contributed by atoms with van der Waals surface area (Å²) < 4.78 is 18.5. The fraction of sp³-hybridized carbons (Fsp3) is 0.467. The summed E-state index contributed by atoms with van der Waals surface area (Å²) in [5.41, 5.74) is 0.500. The van der Waals surface area contributed by atoms with Gasteiger partial charge in [-0.05, 0) is 56.5 Å². The van der Waals surface area contributed by atoms with Gasteiger partial charge in [-0.25, -0.2) is 4.39 Å². The number of nitrogens with one attached hydrogen (secondary N) is 1. The topological polar surface area (TPSA) is 71.2 Å². The van der Waals surface area contributed by atoms with Crippen LogP contribution in [0, 0.1) is 11.7 Å². The van der Waals surface area contributed by atoms with Gasteiger partial charge in [0.25, 0.3) is 0 Å². The largest absolute Gasteiger partial charge is 0.505 e. The zero-order chi connectivity index (χ0) is 14.7. The van der Waals surface area contributed by atoms with Crippen molar-refractivity contribution in [3.8, 4) is 17.1 Å². The first kappa shape index (κ1) is 14.0. The molecule has 112 valence electrons. The Morgan fingerprint density at radius 2 is 2.33 bits per heavy atom. The van der Waals surface area contributed by atoms with Crippen molar-refractivity contribution >= 4 is 0 Å². The second kappa shape index (κ2) is 6.22. The van der Waals surface area contributed by atoms with E-state index in [4.69, 9.17) is 4.52 Å². The van der Waals surface area contributed by atoms with Gasteiger partial charge in [0, 0.05) is 12.0 Å². The highest BCUT2D eigenvalue weighted by atomic mass is 19.1. The van der Waals surface area contributed by atoms with Gasteiger partial charge >= 0.3 is 0 Å². The van der Waals surface area contributed by atoms with Crippen molar-refractivity contribution in [2.75, 3.05) is 13.1 Å². The van der Waals surface area contributed by atoms with Crippen LogP contribution in [0.4, 0.5) is 4.39 Å². The Morgan fingerprint density at radius 3 is 3.10 bits per heavy atom. The van der Waals surface area contributed by atoms with Crippen LogP contribution in [0.3, 0.4) is 0 Å². The maximum Gasteiger partial charge on any atom is 0.226 e. The van der Waals surface area contributed by atoms with Gasteiger partial charge < -0.3 is 14.9 Å². The zero-order valence-corrected chi connectivity index (χ0v) is 11.7. The van der Waals surface area contributed by atoms with Crippen LogP contribution in [0.5, 0.6) is 5.75 Å². The molecule has 1 aliphatic heterocycles. The molecule has 0 bridgehead atoms. The fourth-order valence-electron chi connectivity index (χ4n) is 2.62. The molecule has 2 heterocycles. The monoisotopic (exact) mass is 291 g/mol. The van der Waals surface area contributed by atoms with Crippen molar-refractivity contribution in [3.63, 3.8) is 0 Å². The summed E-state index contributed by atoms with van der Waals surface area (Å²) in [6.45, 7) is 2.15. The van der Waals surface area contributed by atoms with Crippen molar-refractivity contribution in [2.45, 2.75) is 25.7 Å². The van der Waals surface area contributed by atoms with E-state index >= 15 is 0 Å². The summed E-state index contributed by atoms with van der Waals surface area (Å²) in [5, 5.41) is 16.4. The van der Waals surface area contributed by atoms with E-state index in [0.717, 1.165) is 25.9 Å². The van der Waals surface area contributed by atoms with Gasteiger partial charge in [-0.1, -0.05) is 5.16 Å². The minimum atomic E-state index is -0.688. The normalized spacial score (nSPS) is 18.8. The van der Waals surface area contributed by atoms with E-state index in [9.17, 15) is 9.50 Å². The standard InChI is InChI=1S/C15H18FN3O2/c16-12-8-11(4-5-13(12)20)15-18-14(21-19-15)6-3-10-2-1-7-17-9-10/h4-5,8,10,17,20H,1-3,6-7,9H2. The van der Waals surface area contributed by atoms with Crippen molar-refractivity contribution < 1.29 is 14.0 Å². The van der Waals surface area contributed by atoms with E-state index < -0.39 is 5.82 Å². The van der Waals surface area contributed by atoms with Crippen molar-refractivity contribution in [1.29, 1.82) is 0 Å². The second-order valence-electron chi connectivity index (χ2n) is 5.43. The number of aryl methyl sites for hydroxylation is 1. The minimum Gasteiger partial charge on any atom is -0.505 e. The highest BCUT2D eigenvalue weighted by Crippen LogP contribution is 2.23. The summed E-state index contributed by atoms with van der Waals surface area (Å²) in [7, 11) is 0. The molecule has 21 heavy (non-hydrogen) atoms. The molecule has 0 amide bonds. The Labute approximate surface area is 122 Å². The van der Waals surface area contributed by atoms with Gasteiger partial charge in [0.15, 0.2) is 11.6 Å². The SMILES string of the molecule is Oc1ccc(-c2noc(CCC3CCCNC3)n2)cc1F. The van der Waals surface area contributed by atoms with Crippen LogP contribution in [0.2, 0.25) is 0 Å². The van der Waals surface area contributed by atoms with Crippen LogP contribution < -0.4 is 5.32 Å². The number of aromatic nitrogens is 2. The Bertz CT molecular complexity index is 609. The van der Waals surface area contributed by atoms with Crippen molar-refractivity contribution in [3.05, 3.63) is 29.9 Å². The molecule has 0 saturated carbocycles.